The van der Waals surface area contributed by atoms with E-state index in [1.165, 1.54) is 12.1 Å². The molecule has 2 aliphatic rings. The molecule has 3 heterocycles. The summed E-state index contributed by atoms with van der Waals surface area (Å²) in [4.78, 5) is 15.1. The zero-order valence-corrected chi connectivity index (χ0v) is 21.2. The maximum Gasteiger partial charge on any atom is 0.197 e. The first-order valence-electron chi connectivity index (χ1n) is 12.9. The Kier molecular flexibility index (Phi) is 6.66. The third kappa shape index (κ3) is 4.80. The van der Waals surface area contributed by atoms with E-state index in [0.717, 1.165) is 72.0 Å². The van der Waals surface area contributed by atoms with Crippen LogP contribution in [0.4, 0.5) is 10.1 Å². The molecule has 3 N–H and O–H groups in total. The number of hydrogen-bond donors (Lipinski definition) is 3. The van der Waals surface area contributed by atoms with Gasteiger partial charge in [0.25, 0.3) is 0 Å². The Bertz CT molecular complexity index is 1580. The number of anilines is 1. The van der Waals surface area contributed by atoms with Crippen molar-refractivity contribution in [3.8, 4) is 5.88 Å². The monoisotopic (exact) mass is 511 g/mol. The summed E-state index contributed by atoms with van der Waals surface area (Å²) in [5.41, 5.74) is 3.75. The third-order valence-corrected chi connectivity index (χ3v) is 7.29. The number of aromatic nitrogens is 1. The summed E-state index contributed by atoms with van der Waals surface area (Å²) in [5, 5.41) is 17.2. The number of methoxy groups -OCH3 is 1. The number of para-hydroxylation sites is 2. The number of aromatic hydroxyl groups is 1. The highest BCUT2D eigenvalue weighted by Crippen LogP contribution is 2.40. The number of benzene rings is 3. The quantitative estimate of drug-likeness (QED) is 0.347. The van der Waals surface area contributed by atoms with E-state index in [1.807, 2.05) is 36.4 Å². The molecule has 0 aliphatic carbocycles. The lowest BCUT2D eigenvalue weighted by Gasteiger charge is -2.32. The summed E-state index contributed by atoms with van der Waals surface area (Å²) < 4.78 is 19.1. The molecule has 0 amide bonds. The van der Waals surface area contributed by atoms with Crippen LogP contribution < -0.4 is 16.0 Å². The highest BCUT2D eigenvalue weighted by atomic mass is 19.1. The van der Waals surface area contributed by atoms with Crippen molar-refractivity contribution in [1.29, 1.82) is 0 Å². The van der Waals surface area contributed by atoms with Gasteiger partial charge < -0.3 is 25.0 Å². The normalized spacial score (nSPS) is 15.8. The molecule has 38 heavy (non-hydrogen) atoms. The molecule has 0 unspecified atom stereocenters. The number of likely N-dealkylation sites (tertiary alicyclic amines) is 1. The van der Waals surface area contributed by atoms with Gasteiger partial charge in [0.1, 0.15) is 5.82 Å². The maximum atomic E-state index is 13.8. The van der Waals surface area contributed by atoms with Crippen molar-refractivity contribution in [3.05, 3.63) is 100 Å². The minimum Gasteiger partial charge on any atom is -0.494 e. The van der Waals surface area contributed by atoms with E-state index in [-0.39, 0.29) is 11.7 Å². The van der Waals surface area contributed by atoms with Crippen LogP contribution in [0, 0.1) is 5.82 Å². The first-order valence-corrected chi connectivity index (χ1v) is 12.9. The summed E-state index contributed by atoms with van der Waals surface area (Å²) >= 11 is 0. The fraction of sp³-hybridized carbons (Fsp3) is 0.267. The van der Waals surface area contributed by atoms with Crippen molar-refractivity contribution < 1.29 is 14.2 Å². The number of nitrogens with zero attached hydrogens (tertiary/aromatic N) is 3. The number of nitrogens with one attached hydrogen (secondary N) is 2. The predicted octanol–water partition coefficient (Wildman–Crippen LogP) is 4.21. The van der Waals surface area contributed by atoms with Gasteiger partial charge in [-0.2, -0.15) is 0 Å². The van der Waals surface area contributed by atoms with Crippen LogP contribution in [-0.4, -0.2) is 54.4 Å². The highest BCUT2D eigenvalue weighted by molar-refractivity contribution is 6.01. The largest absolute Gasteiger partial charge is 0.494 e. The molecule has 7 nitrogen and oxygen atoms in total. The number of piperidine rings is 1. The number of hydrogen-bond acceptors (Lipinski definition) is 6. The Labute approximate surface area is 220 Å². The van der Waals surface area contributed by atoms with E-state index in [1.54, 1.807) is 19.2 Å². The van der Waals surface area contributed by atoms with E-state index in [4.69, 9.17) is 14.7 Å². The predicted molar refractivity (Wildman–Crippen MR) is 146 cm³/mol. The Morgan fingerprint density at radius 3 is 2.45 bits per heavy atom. The highest BCUT2D eigenvalue weighted by Gasteiger charge is 2.23. The van der Waals surface area contributed by atoms with E-state index in [0.29, 0.717) is 23.0 Å². The molecule has 4 aromatic rings. The van der Waals surface area contributed by atoms with Gasteiger partial charge in [-0.25, -0.2) is 14.4 Å². The molecule has 1 aromatic heterocycles. The number of H-pyrrole nitrogens is 1. The summed E-state index contributed by atoms with van der Waals surface area (Å²) in [7, 11) is 1.74. The molecular weight excluding hydrogens is 481 g/mol. The van der Waals surface area contributed by atoms with Gasteiger partial charge >= 0.3 is 0 Å². The lowest BCUT2D eigenvalue weighted by molar-refractivity contribution is 0.132. The topological polar surface area (TPSA) is 85.2 Å². The van der Waals surface area contributed by atoms with Crippen molar-refractivity contribution in [2.24, 2.45) is 9.98 Å². The first-order chi connectivity index (χ1) is 18.6. The Morgan fingerprint density at radius 2 is 1.76 bits per heavy atom. The van der Waals surface area contributed by atoms with Crippen LogP contribution in [0.1, 0.15) is 24.0 Å². The summed E-state index contributed by atoms with van der Waals surface area (Å²) in [5.74, 6) is 0.178. The lowest BCUT2D eigenvalue weighted by atomic mass is 9.96. The molecule has 1 saturated heterocycles. The van der Waals surface area contributed by atoms with E-state index < -0.39 is 0 Å². The molecule has 0 saturated carbocycles. The van der Waals surface area contributed by atoms with Crippen molar-refractivity contribution in [2.45, 2.75) is 18.9 Å². The van der Waals surface area contributed by atoms with E-state index >= 15 is 0 Å². The van der Waals surface area contributed by atoms with Gasteiger partial charge in [-0.05, 0) is 60.9 Å². The molecular formula is C30H30FN5O2. The average molecular weight is 512 g/mol. The molecule has 8 heteroatoms. The third-order valence-electron chi connectivity index (χ3n) is 7.29. The van der Waals surface area contributed by atoms with Crippen molar-refractivity contribution in [2.75, 3.05) is 38.7 Å². The fourth-order valence-corrected chi connectivity index (χ4v) is 5.30. The molecule has 0 bridgehead atoms. The second kappa shape index (κ2) is 10.4. The minimum atomic E-state index is -0.329. The van der Waals surface area contributed by atoms with Crippen molar-refractivity contribution in [1.82, 2.24) is 9.88 Å². The van der Waals surface area contributed by atoms with E-state index in [9.17, 15) is 9.50 Å². The molecule has 0 radical (unpaired) electrons. The number of rotatable bonds is 7. The number of ether oxygens (including phenoxy) is 1. The zero-order valence-electron chi connectivity index (χ0n) is 21.2. The van der Waals surface area contributed by atoms with Crippen molar-refractivity contribution >= 4 is 22.2 Å². The van der Waals surface area contributed by atoms with E-state index in [2.05, 4.69) is 21.3 Å². The zero-order chi connectivity index (χ0) is 26.1. The lowest BCUT2D eigenvalue weighted by Crippen LogP contribution is -2.40. The van der Waals surface area contributed by atoms with Gasteiger partial charge in [-0.1, -0.05) is 24.3 Å². The van der Waals surface area contributed by atoms with Crippen LogP contribution in [0.5, 0.6) is 5.88 Å². The number of fused-ring (bicyclic) bond motifs is 2. The fourth-order valence-electron chi connectivity index (χ4n) is 5.30. The summed E-state index contributed by atoms with van der Waals surface area (Å²) in [6, 6.07) is 20.3. The van der Waals surface area contributed by atoms with Crippen LogP contribution in [0.15, 0.2) is 82.5 Å². The van der Waals surface area contributed by atoms with Gasteiger partial charge in [-0.3, -0.25) is 0 Å². The molecule has 1 fully saturated rings. The van der Waals surface area contributed by atoms with Crippen molar-refractivity contribution in [3.63, 3.8) is 0 Å². The Hall–Kier alpha value is -4.01. The Balaban J connectivity index is 1.39. The first kappa shape index (κ1) is 24.3. The van der Waals surface area contributed by atoms with Crippen LogP contribution in [0.3, 0.4) is 0 Å². The van der Waals surface area contributed by atoms with Gasteiger partial charge in [-0.15, -0.1) is 0 Å². The van der Waals surface area contributed by atoms with Gasteiger partial charge in [0.05, 0.1) is 22.9 Å². The molecule has 0 atom stereocenters. The molecule has 0 spiro atoms. The smallest absolute Gasteiger partial charge is 0.197 e. The van der Waals surface area contributed by atoms with Crippen LogP contribution in [-0.2, 0) is 4.74 Å². The average Bonchev–Trinajstić information content (AvgIpc) is 3.50. The SMILES string of the molecule is COCCN1CCC(Nc2ccc3[nH]c(O)c(C(=C4N=c5ccccc5=N4)c4ccc(F)cc4)c3c2)CC1. The maximum absolute atomic E-state index is 13.8. The minimum absolute atomic E-state index is 0.0248. The second-order valence-electron chi connectivity index (χ2n) is 9.78. The van der Waals surface area contributed by atoms with Crippen LogP contribution in [0.2, 0.25) is 0 Å². The number of halogens is 1. The summed E-state index contributed by atoms with van der Waals surface area (Å²) in [6.45, 7) is 3.78. The second-order valence-corrected chi connectivity index (χ2v) is 9.78. The summed E-state index contributed by atoms with van der Waals surface area (Å²) in [6.07, 6.45) is 2.10. The molecule has 2 aliphatic heterocycles. The van der Waals surface area contributed by atoms with Gasteiger partial charge in [0.2, 0.25) is 0 Å². The van der Waals surface area contributed by atoms with Crippen LogP contribution >= 0.6 is 0 Å². The standard InChI is InChI=1S/C30H30FN5O2/c1-38-17-16-36-14-12-21(13-15-36)32-22-10-11-24-23(18-22)28(30(37)35-24)27(19-6-8-20(31)9-7-19)29-33-25-4-2-3-5-26(25)34-29/h2-11,18,21,32,35,37H,12-17H2,1H3. The Morgan fingerprint density at radius 1 is 1.05 bits per heavy atom. The molecule has 3 aromatic carbocycles. The van der Waals surface area contributed by atoms with Gasteiger partial charge in [0, 0.05) is 54.9 Å². The van der Waals surface area contributed by atoms with Gasteiger partial charge in [0.15, 0.2) is 11.7 Å². The molecule has 6 rings (SSSR count). The number of aromatic amines is 1. The molecule has 194 valence electrons. The van der Waals surface area contributed by atoms with Crippen LogP contribution in [0.25, 0.3) is 16.5 Å².